The van der Waals surface area contributed by atoms with Crippen LogP contribution >= 0.6 is 15.9 Å². The first-order valence-corrected chi connectivity index (χ1v) is 7.60. The highest BCUT2D eigenvalue weighted by Gasteiger charge is 2.12. The first-order valence-electron chi connectivity index (χ1n) is 6.81. The molecule has 0 saturated carbocycles. The molecule has 120 valence electrons. The molecule has 0 aliphatic heterocycles. The third-order valence-corrected chi connectivity index (χ3v) is 3.85. The van der Waals surface area contributed by atoms with Crippen molar-refractivity contribution in [1.29, 1.82) is 0 Å². The van der Waals surface area contributed by atoms with Gasteiger partial charge in [0.1, 0.15) is 5.75 Å². The molecule has 2 aromatic rings. The zero-order valence-electron chi connectivity index (χ0n) is 12.6. The summed E-state index contributed by atoms with van der Waals surface area (Å²) in [5.74, 6) is 0.340. The molecular weight excluding hydrogens is 364 g/mol. The minimum atomic E-state index is -0.500. The van der Waals surface area contributed by atoms with Gasteiger partial charge in [-0.1, -0.05) is 18.2 Å². The highest BCUT2D eigenvalue weighted by atomic mass is 79.9. The molecule has 1 N–H and O–H groups in total. The summed E-state index contributed by atoms with van der Waals surface area (Å²) >= 11 is 3.20. The van der Waals surface area contributed by atoms with Gasteiger partial charge in [-0.3, -0.25) is 14.9 Å². The maximum Gasteiger partial charge on any atom is 0.270 e. The molecule has 2 aromatic carbocycles. The Kier molecular flexibility index (Phi) is 5.33. The number of non-ortho nitro benzene ring substituents is 1. The number of aryl methyl sites for hydroxylation is 2. The van der Waals surface area contributed by atoms with Crippen LogP contribution in [0.5, 0.6) is 5.75 Å². The van der Waals surface area contributed by atoms with Crippen LogP contribution in [0.25, 0.3) is 0 Å². The van der Waals surface area contributed by atoms with Crippen molar-refractivity contribution in [3.05, 3.63) is 62.1 Å². The molecule has 0 saturated heterocycles. The van der Waals surface area contributed by atoms with Gasteiger partial charge in [0.05, 0.1) is 10.6 Å². The fraction of sp³-hybridized carbons (Fsp3) is 0.188. The lowest BCUT2D eigenvalue weighted by molar-refractivity contribution is -0.384. The lowest BCUT2D eigenvalue weighted by Crippen LogP contribution is -2.21. The Bertz CT molecular complexity index is 741. The summed E-state index contributed by atoms with van der Waals surface area (Å²) < 4.78 is 6.00. The van der Waals surface area contributed by atoms with E-state index in [-0.39, 0.29) is 18.2 Å². The highest BCUT2D eigenvalue weighted by Crippen LogP contribution is 2.27. The number of nitrogens with zero attached hydrogens (tertiary/aromatic N) is 1. The number of ether oxygens (including phenoxy) is 1. The second-order valence-corrected chi connectivity index (χ2v) is 5.83. The number of hydrogen-bond acceptors (Lipinski definition) is 4. The number of anilines is 1. The predicted molar refractivity (Wildman–Crippen MR) is 90.8 cm³/mol. The summed E-state index contributed by atoms with van der Waals surface area (Å²) in [7, 11) is 0. The quantitative estimate of drug-likeness (QED) is 0.629. The zero-order chi connectivity index (χ0) is 17.0. The van der Waals surface area contributed by atoms with Crippen molar-refractivity contribution >= 4 is 33.2 Å². The van der Waals surface area contributed by atoms with Crippen LogP contribution in [-0.4, -0.2) is 17.4 Å². The molecule has 0 aromatic heterocycles. The van der Waals surface area contributed by atoms with Crippen molar-refractivity contribution in [3.8, 4) is 5.75 Å². The molecule has 0 bridgehead atoms. The molecule has 0 aliphatic rings. The van der Waals surface area contributed by atoms with E-state index in [1.165, 1.54) is 18.2 Å². The number of carbonyl (C=O) groups is 1. The average Bonchev–Trinajstić information content (AvgIpc) is 2.48. The standard InChI is InChI=1S/C16H15BrN2O4/c1-10-4-3-5-11(2)16(10)23-9-15(20)18-14-7-6-12(19(21)22)8-13(14)17/h3-8H,9H2,1-2H3,(H,18,20). The zero-order valence-corrected chi connectivity index (χ0v) is 14.2. The van der Waals surface area contributed by atoms with E-state index in [0.29, 0.717) is 15.9 Å². The number of amides is 1. The molecule has 0 heterocycles. The van der Waals surface area contributed by atoms with Crippen LogP contribution in [0.4, 0.5) is 11.4 Å². The van der Waals surface area contributed by atoms with E-state index in [2.05, 4.69) is 21.2 Å². The average molecular weight is 379 g/mol. The number of rotatable bonds is 5. The molecule has 0 fully saturated rings. The summed E-state index contributed by atoms with van der Waals surface area (Å²) in [6.45, 7) is 3.68. The Morgan fingerprint density at radius 2 is 1.91 bits per heavy atom. The number of halogens is 1. The molecule has 2 rings (SSSR count). The number of nitro benzene ring substituents is 1. The number of benzene rings is 2. The summed E-state index contributed by atoms with van der Waals surface area (Å²) in [6.07, 6.45) is 0. The van der Waals surface area contributed by atoms with Gasteiger partial charge in [0.2, 0.25) is 0 Å². The fourth-order valence-corrected chi connectivity index (χ4v) is 2.54. The topological polar surface area (TPSA) is 81.5 Å². The molecule has 0 unspecified atom stereocenters. The third kappa shape index (κ3) is 4.29. The summed E-state index contributed by atoms with van der Waals surface area (Å²) in [5.41, 5.74) is 2.30. The number of nitrogens with one attached hydrogen (secondary N) is 1. The first kappa shape index (κ1) is 17.0. The Labute approximate surface area is 141 Å². The highest BCUT2D eigenvalue weighted by molar-refractivity contribution is 9.10. The van der Waals surface area contributed by atoms with Crippen molar-refractivity contribution in [3.63, 3.8) is 0 Å². The Balaban J connectivity index is 2.01. The van der Waals surface area contributed by atoms with Crippen LogP contribution in [0.3, 0.4) is 0 Å². The maximum absolute atomic E-state index is 12.0. The normalized spacial score (nSPS) is 10.2. The van der Waals surface area contributed by atoms with Crippen molar-refractivity contribution in [2.45, 2.75) is 13.8 Å². The minimum Gasteiger partial charge on any atom is -0.483 e. The molecule has 6 nitrogen and oxygen atoms in total. The lowest BCUT2D eigenvalue weighted by atomic mass is 10.1. The largest absolute Gasteiger partial charge is 0.483 e. The minimum absolute atomic E-state index is 0.0540. The van der Waals surface area contributed by atoms with E-state index < -0.39 is 4.92 Å². The van der Waals surface area contributed by atoms with Gasteiger partial charge in [-0.15, -0.1) is 0 Å². The van der Waals surface area contributed by atoms with E-state index in [1.807, 2.05) is 32.0 Å². The van der Waals surface area contributed by atoms with Gasteiger partial charge in [-0.2, -0.15) is 0 Å². The van der Waals surface area contributed by atoms with Gasteiger partial charge < -0.3 is 10.1 Å². The summed E-state index contributed by atoms with van der Waals surface area (Å²) in [4.78, 5) is 22.2. The predicted octanol–water partition coefficient (Wildman–Crippen LogP) is 3.99. The Morgan fingerprint density at radius 1 is 1.26 bits per heavy atom. The van der Waals surface area contributed by atoms with Crippen LogP contribution in [0, 0.1) is 24.0 Å². The van der Waals surface area contributed by atoms with Gasteiger partial charge in [0, 0.05) is 16.6 Å². The number of carbonyl (C=O) groups excluding carboxylic acids is 1. The second-order valence-electron chi connectivity index (χ2n) is 4.98. The van der Waals surface area contributed by atoms with Crippen LogP contribution in [0.2, 0.25) is 0 Å². The van der Waals surface area contributed by atoms with Gasteiger partial charge in [0.15, 0.2) is 6.61 Å². The van der Waals surface area contributed by atoms with Crippen molar-refractivity contribution < 1.29 is 14.5 Å². The maximum atomic E-state index is 12.0. The van der Waals surface area contributed by atoms with Crippen molar-refractivity contribution in [2.75, 3.05) is 11.9 Å². The second kappa shape index (κ2) is 7.23. The van der Waals surface area contributed by atoms with E-state index in [0.717, 1.165) is 11.1 Å². The van der Waals surface area contributed by atoms with Gasteiger partial charge in [-0.25, -0.2) is 0 Å². The monoisotopic (exact) mass is 378 g/mol. The van der Waals surface area contributed by atoms with Crippen LogP contribution < -0.4 is 10.1 Å². The fourth-order valence-electron chi connectivity index (χ4n) is 2.07. The van der Waals surface area contributed by atoms with Gasteiger partial charge in [0.25, 0.3) is 11.6 Å². The van der Waals surface area contributed by atoms with E-state index in [9.17, 15) is 14.9 Å². The molecule has 23 heavy (non-hydrogen) atoms. The number of hydrogen-bond donors (Lipinski definition) is 1. The van der Waals surface area contributed by atoms with Gasteiger partial charge in [-0.05, 0) is 47.0 Å². The Morgan fingerprint density at radius 3 is 2.48 bits per heavy atom. The molecule has 7 heteroatoms. The Hall–Kier alpha value is -2.41. The van der Waals surface area contributed by atoms with E-state index >= 15 is 0 Å². The van der Waals surface area contributed by atoms with Crippen LogP contribution in [0.15, 0.2) is 40.9 Å². The van der Waals surface area contributed by atoms with Crippen LogP contribution in [-0.2, 0) is 4.79 Å². The van der Waals surface area contributed by atoms with Crippen LogP contribution in [0.1, 0.15) is 11.1 Å². The lowest BCUT2D eigenvalue weighted by Gasteiger charge is -2.12. The number of nitro groups is 1. The first-order chi connectivity index (χ1) is 10.9. The summed E-state index contributed by atoms with van der Waals surface area (Å²) in [6, 6.07) is 9.87. The summed E-state index contributed by atoms with van der Waals surface area (Å²) in [5, 5.41) is 13.3. The van der Waals surface area contributed by atoms with E-state index in [4.69, 9.17) is 4.74 Å². The molecule has 1 amide bonds. The number of para-hydroxylation sites is 1. The SMILES string of the molecule is Cc1cccc(C)c1OCC(=O)Nc1ccc([N+](=O)[O-])cc1Br. The molecule has 0 spiro atoms. The third-order valence-electron chi connectivity index (χ3n) is 3.19. The molecule has 0 radical (unpaired) electrons. The van der Waals surface area contributed by atoms with Crippen molar-refractivity contribution in [1.82, 2.24) is 0 Å². The van der Waals surface area contributed by atoms with Crippen molar-refractivity contribution in [2.24, 2.45) is 0 Å². The molecule has 0 aliphatic carbocycles. The van der Waals surface area contributed by atoms with Gasteiger partial charge >= 0.3 is 0 Å². The van der Waals surface area contributed by atoms with E-state index in [1.54, 1.807) is 0 Å². The molecule has 0 atom stereocenters. The molecular formula is C16H15BrN2O4. The smallest absolute Gasteiger partial charge is 0.270 e.